The molecule has 0 aliphatic heterocycles. The van der Waals surface area contributed by atoms with E-state index < -0.39 is 16.6 Å². The highest BCUT2D eigenvalue weighted by Crippen LogP contribution is 2.77. The zero-order valence-electron chi connectivity index (χ0n) is 28.9. The van der Waals surface area contributed by atoms with Gasteiger partial charge in [0.05, 0.1) is 12.4 Å². The minimum Gasteiger partial charge on any atom is -0.550 e. The monoisotopic (exact) mass is 586 g/mol. The van der Waals surface area contributed by atoms with Crippen molar-refractivity contribution in [1.29, 1.82) is 0 Å². The summed E-state index contributed by atoms with van der Waals surface area (Å²) in [5, 5.41) is 0. The van der Waals surface area contributed by atoms with Gasteiger partial charge in [0.25, 0.3) is 0 Å². The first kappa shape index (κ1) is 31.4. The lowest BCUT2D eigenvalue weighted by atomic mass is 9.32. The van der Waals surface area contributed by atoms with E-state index in [0.717, 1.165) is 23.7 Å². The molecule has 0 aromatic rings. The molecule has 2 nitrogen and oxygen atoms in total. The van der Waals surface area contributed by atoms with Crippen LogP contribution in [-0.2, 0) is 8.85 Å². The molecule has 5 aliphatic rings. The first-order valence-electron chi connectivity index (χ1n) is 17.2. The van der Waals surface area contributed by atoms with Crippen molar-refractivity contribution < 1.29 is 8.85 Å². The van der Waals surface area contributed by atoms with Crippen LogP contribution in [0.25, 0.3) is 0 Å². The van der Waals surface area contributed by atoms with Crippen molar-refractivity contribution in [3.8, 4) is 0 Å². The Kier molecular flexibility index (Phi) is 7.62. The smallest absolute Gasteiger partial charge is 0.241 e. The fraction of sp³-hybridized carbons (Fsp3) is 0.944. The van der Waals surface area contributed by atoms with Gasteiger partial charge in [-0.25, -0.2) is 0 Å². The molecular weight excluding hydrogens is 521 g/mol. The Morgan fingerprint density at radius 3 is 1.98 bits per heavy atom. The SMILES string of the molecule is C/C(=C\O[Si](C)(C)C)[C@@H]1CC[C@]2(C)CC[C@]3(C)C(CCC4[C@@]5(C)CC[C@H](O[Si](C)(C)C)C(C)(C)C5CC[C@]43C)C12. The van der Waals surface area contributed by atoms with Crippen LogP contribution < -0.4 is 0 Å². The minimum absolute atomic E-state index is 0.270. The molecule has 0 aromatic carbocycles. The van der Waals surface area contributed by atoms with Crippen molar-refractivity contribution in [2.24, 2.45) is 56.7 Å². The Labute approximate surface area is 251 Å². The van der Waals surface area contributed by atoms with Crippen LogP contribution in [-0.4, -0.2) is 22.7 Å². The molecule has 0 radical (unpaired) electrons. The molecule has 5 fully saturated rings. The number of rotatable bonds is 5. The highest BCUT2D eigenvalue weighted by atomic mass is 28.4. The molecule has 0 saturated heterocycles. The van der Waals surface area contributed by atoms with Crippen molar-refractivity contribution in [3.05, 3.63) is 11.8 Å². The number of hydrogen-bond acceptors (Lipinski definition) is 2. The van der Waals surface area contributed by atoms with Gasteiger partial charge in [-0.2, -0.15) is 0 Å². The standard InChI is InChI=1S/C36H66O2Si2/c1-25(24-37-39(8,9)10)26-16-19-33(4)22-23-35(6)27(31(26)33)14-15-29-34(5)20-18-30(38-40(11,12)13)32(2,3)28(34)17-21-36(29,35)7/h24,26-31H,14-23H2,1-13H3/b25-24+/t26-,27?,28?,29?,30-,31?,33+,34-,35+,36+/m0/s1. The van der Waals surface area contributed by atoms with E-state index in [9.17, 15) is 0 Å². The summed E-state index contributed by atoms with van der Waals surface area (Å²) in [6.45, 7) is 32.7. The first-order valence-corrected chi connectivity index (χ1v) is 24.0. The Morgan fingerprint density at radius 2 is 1.35 bits per heavy atom. The second-order valence-electron chi connectivity index (χ2n) is 19.2. The molecule has 0 N–H and O–H groups in total. The zero-order valence-corrected chi connectivity index (χ0v) is 30.9. The van der Waals surface area contributed by atoms with Crippen LogP contribution in [0.4, 0.5) is 0 Å². The van der Waals surface area contributed by atoms with E-state index in [1.807, 2.05) is 0 Å². The molecule has 0 bridgehead atoms. The molecule has 5 saturated carbocycles. The third-order valence-corrected chi connectivity index (χ3v) is 16.3. The third-order valence-electron chi connectivity index (χ3n) is 14.5. The lowest BCUT2D eigenvalue weighted by Crippen LogP contribution is -2.66. The maximum atomic E-state index is 6.91. The summed E-state index contributed by atoms with van der Waals surface area (Å²) in [6.07, 6.45) is 16.7. The van der Waals surface area contributed by atoms with Crippen LogP contribution in [0.15, 0.2) is 11.8 Å². The second-order valence-corrected chi connectivity index (χ2v) is 28.1. The Hall–Kier alpha value is -0.0662. The Balaban J connectivity index is 1.46. The van der Waals surface area contributed by atoms with Crippen molar-refractivity contribution in [3.63, 3.8) is 0 Å². The van der Waals surface area contributed by atoms with Crippen molar-refractivity contribution in [2.75, 3.05) is 0 Å². The fourth-order valence-corrected chi connectivity index (χ4v) is 14.2. The summed E-state index contributed by atoms with van der Waals surface area (Å²) >= 11 is 0. The van der Waals surface area contributed by atoms with Gasteiger partial charge in [0.1, 0.15) is 0 Å². The lowest BCUT2D eigenvalue weighted by Gasteiger charge is -2.73. The Morgan fingerprint density at radius 1 is 0.675 bits per heavy atom. The zero-order chi connectivity index (χ0) is 29.7. The average molecular weight is 587 g/mol. The van der Waals surface area contributed by atoms with Crippen LogP contribution in [0.2, 0.25) is 39.3 Å². The van der Waals surface area contributed by atoms with Crippen molar-refractivity contribution in [2.45, 2.75) is 158 Å². The summed E-state index contributed by atoms with van der Waals surface area (Å²) < 4.78 is 13.3. The van der Waals surface area contributed by atoms with E-state index in [-0.39, 0.29) is 5.41 Å². The molecule has 230 valence electrons. The molecule has 0 amide bonds. The molecule has 0 heterocycles. The summed E-state index contributed by atoms with van der Waals surface area (Å²) in [5.41, 5.74) is 3.68. The molecule has 0 spiro atoms. The van der Waals surface area contributed by atoms with Gasteiger partial charge in [-0.15, -0.1) is 0 Å². The summed E-state index contributed by atoms with van der Waals surface area (Å²) in [7, 11) is -3.12. The molecule has 4 heteroatoms. The molecule has 0 aromatic heterocycles. The van der Waals surface area contributed by atoms with Gasteiger partial charge in [-0.05, 0) is 173 Å². The van der Waals surface area contributed by atoms with Crippen molar-refractivity contribution in [1.82, 2.24) is 0 Å². The van der Waals surface area contributed by atoms with Crippen LogP contribution in [0.5, 0.6) is 0 Å². The predicted molar refractivity (Wildman–Crippen MR) is 176 cm³/mol. The van der Waals surface area contributed by atoms with Gasteiger partial charge in [-0.1, -0.05) is 41.5 Å². The van der Waals surface area contributed by atoms with Gasteiger partial charge < -0.3 is 8.85 Å². The topological polar surface area (TPSA) is 18.5 Å². The van der Waals surface area contributed by atoms with Gasteiger partial charge >= 0.3 is 0 Å². The van der Waals surface area contributed by atoms with E-state index in [0.29, 0.717) is 33.7 Å². The molecule has 4 unspecified atom stereocenters. The number of allylic oxidation sites excluding steroid dienone is 1. The highest BCUT2D eigenvalue weighted by molar-refractivity contribution is 6.70. The molecular formula is C36H66O2Si2. The average Bonchev–Trinajstić information content (AvgIpc) is 3.16. The highest BCUT2D eigenvalue weighted by Gasteiger charge is 2.70. The molecule has 5 aliphatic carbocycles. The lowest BCUT2D eigenvalue weighted by molar-refractivity contribution is -0.245. The summed E-state index contributed by atoms with van der Waals surface area (Å²) in [6, 6.07) is 0. The van der Waals surface area contributed by atoms with E-state index >= 15 is 0 Å². The quantitative estimate of drug-likeness (QED) is 0.236. The largest absolute Gasteiger partial charge is 0.550 e. The molecule has 5 rings (SSSR count). The van der Waals surface area contributed by atoms with E-state index in [4.69, 9.17) is 8.85 Å². The van der Waals surface area contributed by atoms with Crippen molar-refractivity contribution >= 4 is 16.6 Å². The van der Waals surface area contributed by atoms with E-state index in [2.05, 4.69) is 94.0 Å². The van der Waals surface area contributed by atoms with E-state index in [1.54, 1.807) is 5.57 Å². The molecule has 10 atom stereocenters. The van der Waals surface area contributed by atoms with Crippen LogP contribution in [0, 0.1) is 56.7 Å². The Bertz CT molecular complexity index is 1010. The predicted octanol–water partition coefficient (Wildman–Crippen LogP) is 11.1. The number of hydrogen-bond donors (Lipinski definition) is 0. The normalized spacial score (nSPS) is 49.0. The number of fused-ring (bicyclic) bond motifs is 7. The van der Waals surface area contributed by atoms with E-state index in [1.165, 1.54) is 64.2 Å². The fourth-order valence-electron chi connectivity index (χ4n) is 12.4. The van der Waals surface area contributed by atoms with Gasteiger partial charge in [-0.3, -0.25) is 0 Å². The van der Waals surface area contributed by atoms with Crippen LogP contribution >= 0.6 is 0 Å². The molecule has 40 heavy (non-hydrogen) atoms. The summed E-state index contributed by atoms with van der Waals surface area (Å²) in [5.74, 6) is 4.03. The maximum absolute atomic E-state index is 6.91. The minimum atomic E-state index is -1.56. The van der Waals surface area contributed by atoms with Gasteiger partial charge in [0, 0.05) is 0 Å². The third kappa shape index (κ3) is 4.79. The summed E-state index contributed by atoms with van der Waals surface area (Å²) in [4.78, 5) is 0. The van der Waals surface area contributed by atoms with Gasteiger partial charge in [0.15, 0.2) is 8.32 Å². The van der Waals surface area contributed by atoms with Crippen LogP contribution in [0.3, 0.4) is 0 Å². The van der Waals surface area contributed by atoms with Gasteiger partial charge in [0.2, 0.25) is 8.32 Å². The first-order chi connectivity index (χ1) is 18.2. The second kappa shape index (κ2) is 9.72. The van der Waals surface area contributed by atoms with Crippen LogP contribution in [0.1, 0.15) is 113 Å². The maximum Gasteiger partial charge on any atom is 0.241 e.